The van der Waals surface area contributed by atoms with Gasteiger partial charge >= 0.3 is 0 Å². The quantitative estimate of drug-likeness (QED) is 0.0683. The van der Waals surface area contributed by atoms with Crippen LogP contribution in [0.2, 0.25) is 0 Å². The summed E-state index contributed by atoms with van der Waals surface area (Å²) in [5, 5.41) is 15.4. The van der Waals surface area contributed by atoms with Crippen LogP contribution in [0.1, 0.15) is 121 Å². The number of carbonyl (C=O) groups excluding carboxylic acids is 2. The molecule has 0 N–H and O–H groups in total. The van der Waals surface area contributed by atoms with Crippen molar-refractivity contribution in [3.63, 3.8) is 0 Å². The first kappa shape index (κ1) is 53.7. The van der Waals surface area contributed by atoms with Crippen molar-refractivity contribution >= 4 is 68.8 Å². The fraction of sp³-hybridized carbons (Fsp3) is 0.257. The van der Waals surface area contributed by atoms with Gasteiger partial charge in [-0.1, -0.05) is 84.9 Å². The molecule has 4 aliphatic heterocycles. The average Bonchev–Trinajstić information content (AvgIpc) is 1.67. The van der Waals surface area contributed by atoms with Crippen molar-refractivity contribution < 1.29 is 19.1 Å². The van der Waals surface area contributed by atoms with Crippen LogP contribution in [-0.2, 0) is 11.1 Å². The minimum Gasteiger partial charge on any atom is -0.456 e. The molecule has 0 bridgehead atoms. The SMILES string of the molecule is CCN(CC)c1ccc2c(c1)Oc1cc(N(CC)CC)ccc1C21c2ccccc2C(=O)N1/N=C/c1ccc2ccc3ccc(/C=N/N4C(=O)c5ccccc5C45c4ccc(N(CC)CC)cc4Oc4cc(N(CC)CC)ccc45)nc3c2n1. The van der Waals surface area contributed by atoms with Gasteiger partial charge in [-0.15, -0.1) is 0 Å². The zero-order valence-corrected chi connectivity index (χ0v) is 48.9. The van der Waals surface area contributed by atoms with Gasteiger partial charge < -0.3 is 29.1 Å². The molecule has 0 atom stereocenters. The lowest BCUT2D eigenvalue weighted by molar-refractivity contribution is 0.0667. The van der Waals surface area contributed by atoms with Crippen molar-refractivity contribution in [3.05, 3.63) is 214 Å². The van der Waals surface area contributed by atoms with E-state index >= 15 is 9.59 Å². The van der Waals surface area contributed by atoms with Gasteiger partial charge in [-0.2, -0.15) is 10.2 Å². The number of benzene rings is 7. The van der Waals surface area contributed by atoms with E-state index in [0.29, 0.717) is 56.5 Å². The summed E-state index contributed by atoms with van der Waals surface area (Å²) in [6.45, 7) is 23.8. The van der Waals surface area contributed by atoms with Crippen LogP contribution < -0.4 is 29.1 Å². The van der Waals surface area contributed by atoms with E-state index in [4.69, 9.17) is 29.6 Å². The Morgan fingerprint density at radius 2 is 0.690 bits per heavy atom. The molecule has 2 amide bonds. The van der Waals surface area contributed by atoms with Gasteiger partial charge in [-0.05, 0) is 104 Å². The monoisotopic (exact) mass is 1110 g/mol. The Balaban J connectivity index is 0.919. The first-order chi connectivity index (χ1) is 41.1. The highest BCUT2D eigenvalue weighted by atomic mass is 16.5. The number of rotatable bonds is 16. The van der Waals surface area contributed by atoms with Crippen LogP contribution in [-0.4, -0.2) is 96.6 Å². The fourth-order valence-corrected chi connectivity index (χ4v) is 13.5. The zero-order chi connectivity index (χ0) is 58.0. The summed E-state index contributed by atoms with van der Waals surface area (Å²) in [5.74, 6) is 2.19. The number of carbonyl (C=O) groups is 2. The first-order valence-electron chi connectivity index (χ1n) is 29.7. The van der Waals surface area contributed by atoms with Crippen LogP contribution in [0.3, 0.4) is 0 Å². The van der Waals surface area contributed by atoms with Crippen LogP contribution >= 0.6 is 0 Å². The van der Waals surface area contributed by atoms with Crippen molar-refractivity contribution in [2.75, 3.05) is 72.0 Å². The molecule has 14 nitrogen and oxygen atoms in total. The van der Waals surface area contributed by atoms with Gasteiger partial charge in [0, 0.05) is 155 Å². The molecule has 4 aliphatic rings. The van der Waals surface area contributed by atoms with Crippen molar-refractivity contribution in [1.82, 2.24) is 20.0 Å². The molecule has 7 aromatic carbocycles. The summed E-state index contributed by atoms with van der Waals surface area (Å²) in [4.78, 5) is 49.9. The molecular weight excluding hydrogens is 1040 g/mol. The van der Waals surface area contributed by atoms with Crippen molar-refractivity contribution in [2.24, 2.45) is 10.2 Å². The molecule has 9 aromatic rings. The number of aromatic nitrogens is 2. The number of hydrogen-bond donors (Lipinski definition) is 0. The highest BCUT2D eigenvalue weighted by Crippen LogP contribution is 2.60. The number of ether oxygens (including phenoxy) is 2. The molecule has 0 aliphatic carbocycles. The number of hydrazone groups is 2. The molecule has 0 unspecified atom stereocenters. The Morgan fingerprint density at radius 3 is 1.00 bits per heavy atom. The minimum absolute atomic E-state index is 0.235. The van der Waals surface area contributed by atoms with Gasteiger partial charge in [-0.3, -0.25) is 9.59 Å². The van der Waals surface area contributed by atoms with E-state index in [2.05, 4.69) is 148 Å². The maximum absolute atomic E-state index is 15.1. The van der Waals surface area contributed by atoms with E-state index in [-0.39, 0.29) is 11.8 Å². The normalized spacial score (nSPS) is 14.9. The summed E-state index contributed by atoms with van der Waals surface area (Å²) in [6.07, 6.45) is 3.35. The Hall–Kier alpha value is -9.56. The van der Waals surface area contributed by atoms with Crippen molar-refractivity contribution in [3.8, 4) is 23.0 Å². The van der Waals surface area contributed by atoms with Gasteiger partial charge in [0.15, 0.2) is 0 Å². The smallest absolute Gasteiger partial charge is 0.275 e. The molecule has 84 heavy (non-hydrogen) atoms. The number of anilines is 4. The van der Waals surface area contributed by atoms with E-state index in [1.54, 1.807) is 22.4 Å². The number of nitrogens with zero attached hydrogens (tertiary/aromatic N) is 10. The Kier molecular flexibility index (Phi) is 13.6. The molecule has 0 radical (unpaired) electrons. The Labute approximate surface area is 490 Å². The van der Waals surface area contributed by atoms with Crippen molar-refractivity contribution in [2.45, 2.75) is 66.5 Å². The molecule has 2 spiro atoms. The van der Waals surface area contributed by atoms with E-state index in [1.807, 2.05) is 84.9 Å². The third-order valence-electron chi connectivity index (χ3n) is 17.7. The van der Waals surface area contributed by atoms with Gasteiger partial charge in [0.1, 0.15) is 34.1 Å². The first-order valence-corrected chi connectivity index (χ1v) is 29.7. The summed E-state index contributed by atoms with van der Waals surface area (Å²) in [7, 11) is 0. The molecule has 2 aromatic heterocycles. The maximum Gasteiger partial charge on any atom is 0.275 e. The molecule has 0 fully saturated rings. The summed E-state index contributed by atoms with van der Waals surface area (Å²) >= 11 is 0. The second-order valence-corrected chi connectivity index (χ2v) is 21.5. The average molecular weight is 1110 g/mol. The lowest BCUT2D eigenvalue weighted by Gasteiger charge is -2.42. The van der Waals surface area contributed by atoms with Crippen LogP contribution in [0.15, 0.2) is 168 Å². The highest BCUT2D eigenvalue weighted by molar-refractivity contribution is 6.06. The number of fused-ring (bicyclic) bond motifs is 15. The molecular formula is C70H68N10O4. The van der Waals surface area contributed by atoms with Crippen LogP contribution in [0.5, 0.6) is 23.0 Å². The molecule has 6 heterocycles. The Bertz CT molecular complexity index is 3770. The molecule has 13 rings (SSSR count). The van der Waals surface area contributed by atoms with Gasteiger partial charge in [0.05, 0.1) is 34.9 Å². The summed E-state index contributed by atoms with van der Waals surface area (Å²) < 4.78 is 13.9. The summed E-state index contributed by atoms with van der Waals surface area (Å²) in [6, 6.07) is 52.8. The molecule has 422 valence electrons. The number of hydrogen-bond acceptors (Lipinski definition) is 12. The predicted molar refractivity (Wildman–Crippen MR) is 337 cm³/mol. The topological polar surface area (TPSA) is 123 Å². The minimum atomic E-state index is -1.18. The molecule has 0 saturated heterocycles. The predicted octanol–water partition coefficient (Wildman–Crippen LogP) is 13.9. The van der Waals surface area contributed by atoms with E-state index < -0.39 is 11.1 Å². The van der Waals surface area contributed by atoms with E-state index in [0.717, 1.165) is 119 Å². The Morgan fingerprint density at radius 1 is 0.393 bits per heavy atom. The van der Waals surface area contributed by atoms with E-state index in [9.17, 15) is 0 Å². The van der Waals surface area contributed by atoms with Crippen molar-refractivity contribution in [1.29, 1.82) is 0 Å². The van der Waals surface area contributed by atoms with Crippen LogP contribution in [0.25, 0.3) is 21.8 Å². The van der Waals surface area contributed by atoms with Gasteiger partial charge in [-0.25, -0.2) is 20.0 Å². The third-order valence-corrected chi connectivity index (χ3v) is 17.7. The number of amides is 2. The maximum atomic E-state index is 15.1. The molecule has 0 saturated carbocycles. The van der Waals surface area contributed by atoms with Crippen LogP contribution in [0.4, 0.5) is 22.7 Å². The third kappa shape index (κ3) is 8.12. The lowest BCUT2D eigenvalue weighted by atomic mass is 9.75. The van der Waals surface area contributed by atoms with Gasteiger partial charge in [0.25, 0.3) is 11.8 Å². The standard InChI is InChI=1S/C70H68N10O4/c1-9-75(10-2)49-31-35-57-61(39-49)83-62-40-50(76(11-3)12-4)32-36-58(62)69(57)55-23-19-17-21-53(55)67(81)79(69)71-43-47-29-27-45-25-26-46-28-30-48(74-66(46)65(45)73-47)44-72-80-68(82)54-22-18-20-24-56(54)70(80)59-37-33-51(77(13-5)14-6)41-63(59)84-64-42-52(34-38-60(64)70)78(15-7)16-8/h17-44H,9-16H2,1-8H3/b71-43+,72-44+. The largest absolute Gasteiger partial charge is 0.456 e. The second kappa shape index (κ2) is 21.3. The second-order valence-electron chi connectivity index (χ2n) is 21.5. The van der Waals surface area contributed by atoms with Gasteiger partial charge in [0.2, 0.25) is 0 Å². The zero-order valence-electron chi connectivity index (χ0n) is 48.9. The molecule has 14 heteroatoms. The van der Waals surface area contributed by atoms with Crippen LogP contribution in [0, 0.1) is 0 Å². The fourth-order valence-electron chi connectivity index (χ4n) is 13.5. The highest BCUT2D eigenvalue weighted by Gasteiger charge is 2.59. The van der Waals surface area contributed by atoms with E-state index in [1.165, 1.54) is 0 Å². The lowest BCUT2D eigenvalue weighted by Crippen LogP contribution is -2.44. The number of pyridine rings is 2. The summed E-state index contributed by atoms with van der Waals surface area (Å²) in [5.41, 5.74) is 10.2.